The van der Waals surface area contributed by atoms with Crippen LogP contribution in [-0.2, 0) is 6.42 Å². The number of carboxylic acids is 1. The van der Waals surface area contributed by atoms with Crippen molar-refractivity contribution < 1.29 is 9.90 Å². The zero-order chi connectivity index (χ0) is 14.2. The highest BCUT2D eigenvalue weighted by molar-refractivity contribution is 7.18. The third kappa shape index (κ3) is 2.24. The Bertz CT molecular complexity index is 644. The first-order valence-corrected chi connectivity index (χ1v) is 7.00. The molecular formula is C15H17NO2S. The van der Waals surface area contributed by atoms with Crippen molar-refractivity contribution >= 4 is 23.0 Å². The lowest BCUT2D eigenvalue weighted by molar-refractivity contribution is 0.0703. The van der Waals surface area contributed by atoms with Crippen LogP contribution in [0.2, 0.25) is 0 Å². The zero-order valence-corrected chi connectivity index (χ0v) is 12.1. The first-order valence-electron chi connectivity index (χ1n) is 6.18. The van der Waals surface area contributed by atoms with Gasteiger partial charge in [-0.15, -0.1) is 11.3 Å². The van der Waals surface area contributed by atoms with E-state index in [2.05, 4.69) is 19.9 Å². The minimum absolute atomic E-state index is 0.243. The molecule has 1 heterocycles. The maximum absolute atomic E-state index is 11.2. The lowest BCUT2D eigenvalue weighted by Gasteiger charge is -2.08. The van der Waals surface area contributed by atoms with Gasteiger partial charge in [0.2, 0.25) is 0 Å². The van der Waals surface area contributed by atoms with Crippen molar-refractivity contribution in [3.05, 3.63) is 39.8 Å². The number of aryl methyl sites for hydroxylation is 1. The fraction of sp³-hybridized carbons (Fsp3) is 0.267. The van der Waals surface area contributed by atoms with Crippen LogP contribution in [0.1, 0.15) is 33.3 Å². The first-order chi connectivity index (χ1) is 8.97. The second-order valence-corrected chi connectivity index (χ2v) is 5.58. The lowest BCUT2D eigenvalue weighted by atomic mass is 9.99. The number of aromatic carboxylic acids is 1. The summed E-state index contributed by atoms with van der Waals surface area (Å²) >= 11 is 1.27. The summed E-state index contributed by atoms with van der Waals surface area (Å²) in [4.78, 5) is 12.4. The second kappa shape index (κ2) is 5.05. The summed E-state index contributed by atoms with van der Waals surface area (Å²) in [5, 5.41) is 9.20. The van der Waals surface area contributed by atoms with Crippen molar-refractivity contribution in [1.82, 2.24) is 0 Å². The van der Waals surface area contributed by atoms with Gasteiger partial charge in [-0.05, 0) is 42.5 Å². The van der Waals surface area contributed by atoms with Crippen LogP contribution in [0.3, 0.4) is 0 Å². The molecule has 0 bridgehead atoms. The predicted molar refractivity (Wildman–Crippen MR) is 80.0 cm³/mol. The van der Waals surface area contributed by atoms with E-state index in [9.17, 15) is 9.90 Å². The molecule has 1 aromatic heterocycles. The van der Waals surface area contributed by atoms with Crippen LogP contribution < -0.4 is 5.73 Å². The van der Waals surface area contributed by atoms with E-state index < -0.39 is 5.97 Å². The number of nitrogen functional groups attached to an aromatic ring is 1. The molecule has 19 heavy (non-hydrogen) atoms. The zero-order valence-electron chi connectivity index (χ0n) is 11.3. The van der Waals surface area contributed by atoms with Gasteiger partial charge in [-0.2, -0.15) is 0 Å². The number of thiophene rings is 1. The van der Waals surface area contributed by atoms with Crippen LogP contribution in [0.5, 0.6) is 0 Å². The molecule has 100 valence electrons. The minimum Gasteiger partial charge on any atom is -0.477 e. The van der Waals surface area contributed by atoms with Gasteiger partial charge in [-0.1, -0.05) is 25.1 Å². The Balaban J connectivity index is 2.72. The van der Waals surface area contributed by atoms with Crippen LogP contribution in [0.25, 0.3) is 10.4 Å². The molecule has 2 rings (SSSR count). The van der Waals surface area contributed by atoms with Crippen LogP contribution in [-0.4, -0.2) is 11.1 Å². The molecular weight excluding hydrogens is 258 g/mol. The quantitative estimate of drug-likeness (QED) is 0.893. The Hall–Kier alpha value is -1.81. The van der Waals surface area contributed by atoms with Crippen molar-refractivity contribution in [3.63, 3.8) is 0 Å². The lowest BCUT2D eigenvalue weighted by Crippen LogP contribution is -1.99. The topological polar surface area (TPSA) is 63.3 Å². The SMILES string of the molecule is CCc1c(-c2cccc(C)c2C)sc(C(=O)O)c1N. The molecule has 4 heteroatoms. The molecule has 3 N–H and O–H groups in total. The number of hydrogen-bond acceptors (Lipinski definition) is 3. The maximum atomic E-state index is 11.2. The molecule has 0 aliphatic heterocycles. The smallest absolute Gasteiger partial charge is 0.348 e. The number of rotatable bonds is 3. The van der Waals surface area contributed by atoms with E-state index in [0.29, 0.717) is 5.69 Å². The predicted octanol–water partition coefficient (Wildman–Crippen LogP) is 3.87. The Morgan fingerprint density at radius 2 is 2.05 bits per heavy atom. The molecule has 0 saturated carbocycles. The van der Waals surface area contributed by atoms with E-state index >= 15 is 0 Å². The number of hydrogen-bond donors (Lipinski definition) is 2. The highest BCUT2D eigenvalue weighted by atomic mass is 32.1. The summed E-state index contributed by atoms with van der Waals surface area (Å²) in [7, 11) is 0. The molecule has 0 amide bonds. The molecule has 0 unspecified atom stereocenters. The van der Waals surface area contributed by atoms with Gasteiger partial charge in [0.05, 0.1) is 5.69 Å². The number of benzene rings is 1. The average Bonchev–Trinajstić information content (AvgIpc) is 2.69. The Labute approximate surface area is 116 Å². The van der Waals surface area contributed by atoms with Crippen molar-refractivity contribution in [3.8, 4) is 10.4 Å². The normalized spacial score (nSPS) is 10.7. The molecule has 2 aromatic rings. The van der Waals surface area contributed by atoms with Crippen molar-refractivity contribution in [2.45, 2.75) is 27.2 Å². The maximum Gasteiger partial charge on any atom is 0.348 e. The monoisotopic (exact) mass is 275 g/mol. The Kier molecular flexibility index (Phi) is 3.62. The molecule has 0 radical (unpaired) electrons. The molecule has 0 atom stereocenters. The fourth-order valence-electron chi connectivity index (χ4n) is 2.20. The second-order valence-electron chi connectivity index (χ2n) is 4.56. The fourth-order valence-corrected chi connectivity index (χ4v) is 3.44. The Morgan fingerprint density at radius 3 is 2.63 bits per heavy atom. The van der Waals surface area contributed by atoms with E-state index in [-0.39, 0.29) is 4.88 Å². The van der Waals surface area contributed by atoms with Crippen molar-refractivity contribution in [1.29, 1.82) is 0 Å². The Morgan fingerprint density at radius 1 is 1.37 bits per heavy atom. The van der Waals surface area contributed by atoms with E-state index in [0.717, 1.165) is 22.4 Å². The molecule has 0 fully saturated rings. The van der Waals surface area contributed by atoms with Gasteiger partial charge in [0.25, 0.3) is 0 Å². The third-order valence-electron chi connectivity index (χ3n) is 3.45. The summed E-state index contributed by atoms with van der Waals surface area (Å²) < 4.78 is 0. The van der Waals surface area contributed by atoms with Crippen LogP contribution >= 0.6 is 11.3 Å². The van der Waals surface area contributed by atoms with Gasteiger partial charge < -0.3 is 10.8 Å². The number of carbonyl (C=O) groups is 1. The first kappa shape index (κ1) is 13.6. The molecule has 0 aliphatic rings. The van der Waals surface area contributed by atoms with Gasteiger partial charge in [0, 0.05) is 4.88 Å². The van der Waals surface area contributed by atoms with Gasteiger partial charge in [0.1, 0.15) is 4.88 Å². The van der Waals surface area contributed by atoms with E-state index in [1.807, 2.05) is 19.1 Å². The highest BCUT2D eigenvalue weighted by Gasteiger charge is 2.21. The van der Waals surface area contributed by atoms with Gasteiger partial charge in [-0.3, -0.25) is 0 Å². The van der Waals surface area contributed by atoms with E-state index in [1.165, 1.54) is 22.5 Å². The molecule has 0 aliphatic carbocycles. The molecule has 1 aromatic carbocycles. The van der Waals surface area contributed by atoms with Crippen molar-refractivity contribution in [2.75, 3.05) is 5.73 Å². The summed E-state index contributed by atoms with van der Waals surface area (Å²) in [5.41, 5.74) is 10.8. The van der Waals surface area contributed by atoms with Gasteiger partial charge >= 0.3 is 5.97 Å². The van der Waals surface area contributed by atoms with E-state index in [4.69, 9.17) is 5.73 Å². The summed E-state index contributed by atoms with van der Waals surface area (Å²) in [6.07, 6.45) is 0.734. The van der Waals surface area contributed by atoms with Crippen molar-refractivity contribution in [2.24, 2.45) is 0 Å². The largest absolute Gasteiger partial charge is 0.477 e. The third-order valence-corrected chi connectivity index (χ3v) is 4.71. The standard InChI is InChI=1S/C15H17NO2S/c1-4-10-12(16)14(15(17)18)19-13(10)11-7-5-6-8(2)9(11)3/h5-7H,4,16H2,1-3H3,(H,17,18). The van der Waals surface area contributed by atoms with Crippen LogP contribution in [0, 0.1) is 13.8 Å². The minimum atomic E-state index is -0.950. The summed E-state index contributed by atoms with van der Waals surface area (Å²) in [6, 6.07) is 6.07. The molecule has 3 nitrogen and oxygen atoms in total. The van der Waals surface area contributed by atoms with Gasteiger partial charge in [0.15, 0.2) is 0 Å². The highest BCUT2D eigenvalue weighted by Crippen LogP contribution is 2.40. The number of anilines is 1. The van der Waals surface area contributed by atoms with Crippen LogP contribution in [0.4, 0.5) is 5.69 Å². The summed E-state index contributed by atoms with van der Waals surface area (Å²) in [5.74, 6) is -0.950. The number of nitrogens with two attached hydrogens (primary N) is 1. The van der Waals surface area contributed by atoms with Crippen LogP contribution in [0.15, 0.2) is 18.2 Å². The molecule has 0 saturated heterocycles. The number of carboxylic acid groups (broad SMARTS) is 1. The van der Waals surface area contributed by atoms with E-state index in [1.54, 1.807) is 0 Å². The molecule has 0 spiro atoms. The average molecular weight is 275 g/mol. The summed E-state index contributed by atoms with van der Waals surface area (Å²) in [6.45, 7) is 6.11. The van der Waals surface area contributed by atoms with Gasteiger partial charge in [-0.25, -0.2) is 4.79 Å².